The Kier molecular flexibility index (Phi) is 5.30. The first-order chi connectivity index (χ1) is 8.90. The molecule has 1 aromatic carbocycles. The number of anilines is 1. The van der Waals surface area contributed by atoms with E-state index in [2.05, 4.69) is 5.32 Å². The lowest BCUT2D eigenvalue weighted by Crippen LogP contribution is -2.36. The molecule has 0 spiro atoms. The molecular formula is C13H19ClN2O3. The smallest absolute Gasteiger partial charge is 0.244 e. The van der Waals surface area contributed by atoms with E-state index in [1.165, 1.54) is 12.0 Å². The number of nitrogens with zero attached hydrogens (tertiary/aromatic N) is 1. The number of likely N-dealkylation sites (N-methyl/N-ethyl adjacent to an activating group) is 1. The first-order valence-electron chi connectivity index (χ1n) is 5.80. The van der Waals surface area contributed by atoms with Crippen molar-refractivity contribution in [2.75, 3.05) is 33.6 Å². The van der Waals surface area contributed by atoms with E-state index >= 15 is 0 Å². The molecule has 0 aliphatic carbocycles. The van der Waals surface area contributed by atoms with Crippen LogP contribution >= 0.6 is 11.6 Å². The summed E-state index contributed by atoms with van der Waals surface area (Å²) in [6, 6.07) is 2.98. The van der Waals surface area contributed by atoms with Gasteiger partial charge in [0, 0.05) is 20.2 Å². The second-order valence-corrected chi connectivity index (χ2v) is 4.69. The Hall–Kier alpha value is -1.62. The summed E-state index contributed by atoms with van der Waals surface area (Å²) in [6.45, 7) is 1.78. The molecule has 1 aromatic rings. The molecule has 1 amide bonds. The third kappa shape index (κ3) is 3.67. The van der Waals surface area contributed by atoms with Gasteiger partial charge in [0.25, 0.3) is 0 Å². The molecule has 0 saturated carbocycles. The van der Waals surface area contributed by atoms with Crippen molar-refractivity contribution in [1.29, 1.82) is 0 Å². The third-order valence-electron chi connectivity index (χ3n) is 2.66. The van der Waals surface area contributed by atoms with Crippen LogP contribution in [0.15, 0.2) is 12.1 Å². The maximum Gasteiger partial charge on any atom is 0.244 e. The van der Waals surface area contributed by atoms with Crippen LogP contribution in [0.1, 0.15) is 6.92 Å². The Labute approximate surface area is 118 Å². The molecule has 0 fully saturated rings. The number of hydrogen-bond donors (Lipinski definition) is 1. The van der Waals surface area contributed by atoms with Gasteiger partial charge in [0.05, 0.1) is 24.9 Å². The van der Waals surface area contributed by atoms with Gasteiger partial charge in [-0.1, -0.05) is 11.6 Å². The van der Waals surface area contributed by atoms with Gasteiger partial charge in [-0.05, 0) is 13.0 Å². The van der Waals surface area contributed by atoms with Crippen LogP contribution in [0.25, 0.3) is 0 Å². The Morgan fingerprint density at radius 3 is 2.32 bits per heavy atom. The van der Waals surface area contributed by atoms with Gasteiger partial charge in [0.1, 0.15) is 17.5 Å². The van der Waals surface area contributed by atoms with E-state index in [0.717, 1.165) is 0 Å². The van der Waals surface area contributed by atoms with Crippen LogP contribution in [0.3, 0.4) is 0 Å². The topological polar surface area (TPSA) is 50.8 Å². The SMILES string of the molecule is COc1cc(OC)c(N[C@H](C)C(=O)N(C)C)cc1Cl. The summed E-state index contributed by atoms with van der Waals surface area (Å²) in [4.78, 5) is 13.3. The number of carbonyl (C=O) groups is 1. The fourth-order valence-corrected chi connectivity index (χ4v) is 1.90. The van der Waals surface area contributed by atoms with Crippen molar-refractivity contribution >= 4 is 23.2 Å². The quantitative estimate of drug-likeness (QED) is 0.902. The monoisotopic (exact) mass is 286 g/mol. The summed E-state index contributed by atoms with van der Waals surface area (Å²) in [5.74, 6) is 1.06. The molecule has 0 saturated heterocycles. The van der Waals surface area contributed by atoms with Crippen LogP contribution in [0.5, 0.6) is 11.5 Å². The Morgan fingerprint density at radius 2 is 1.84 bits per heavy atom. The number of hydrogen-bond acceptors (Lipinski definition) is 4. The predicted molar refractivity (Wildman–Crippen MR) is 76.3 cm³/mol. The molecule has 0 unspecified atom stereocenters. The molecule has 6 heteroatoms. The van der Waals surface area contributed by atoms with Gasteiger partial charge in [-0.15, -0.1) is 0 Å². The zero-order valence-corrected chi connectivity index (χ0v) is 12.5. The van der Waals surface area contributed by atoms with Crippen LogP contribution in [0.2, 0.25) is 5.02 Å². The summed E-state index contributed by atoms with van der Waals surface area (Å²) in [5, 5.41) is 3.53. The maximum absolute atomic E-state index is 11.8. The largest absolute Gasteiger partial charge is 0.495 e. The second-order valence-electron chi connectivity index (χ2n) is 4.29. The van der Waals surface area contributed by atoms with Crippen molar-refractivity contribution in [3.63, 3.8) is 0 Å². The summed E-state index contributed by atoms with van der Waals surface area (Å²) < 4.78 is 10.4. The minimum Gasteiger partial charge on any atom is -0.495 e. The van der Waals surface area contributed by atoms with Gasteiger partial charge in [0.15, 0.2) is 0 Å². The first kappa shape index (κ1) is 15.4. The lowest BCUT2D eigenvalue weighted by molar-refractivity contribution is -0.129. The fraction of sp³-hybridized carbons (Fsp3) is 0.462. The van der Waals surface area contributed by atoms with E-state index in [-0.39, 0.29) is 11.9 Å². The van der Waals surface area contributed by atoms with E-state index in [4.69, 9.17) is 21.1 Å². The third-order valence-corrected chi connectivity index (χ3v) is 2.95. The lowest BCUT2D eigenvalue weighted by Gasteiger charge is -2.21. The molecule has 1 rings (SSSR count). The normalized spacial score (nSPS) is 11.7. The Bertz CT molecular complexity index is 463. The molecule has 0 bridgehead atoms. The average Bonchev–Trinajstić information content (AvgIpc) is 2.37. The Morgan fingerprint density at radius 1 is 1.26 bits per heavy atom. The molecule has 1 N–H and O–H groups in total. The fourth-order valence-electron chi connectivity index (χ4n) is 1.66. The van der Waals surface area contributed by atoms with E-state index in [9.17, 15) is 4.79 Å². The number of carbonyl (C=O) groups excluding carboxylic acids is 1. The van der Waals surface area contributed by atoms with Gasteiger partial charge in [-0.2, -0.15) is 0 Å². The van der Waals surface area contributed by atoms with Crippen molar-refractivity contribution in [2.24, 2.45) is 0 Å². The number of benzene rings is 1. The standard InChI is InChI=1S/C13H19ClN2O3/c1-8(13(17)16(2)3)15-10-6-9(14)11(18-4)7-12(10)19-5/h6-8,15H,1-5H3/t8-/m1/s1. The highest BCUT2D eigenvalue weighted by Gasteiger charge is 2.17. The molecule has 0 aromatic heterocycles. The minimum atomic E-state index is -0.381. The van der Waals surface area contributed by atoms with E-state index in [0.29, 0.717) is 22.2 Å². The second kappa shape index (κ2) is 6.52. The minimum absolute atomic E-state index is 0.0333. The highest BCUT2D eigenvalue weighted by atomic mass is 35.5. The molecule has 0 radical (unpaired) electrons. The van der Waals surface area contributed by atoms with Gasteiger partial charge in [-0.3, -0.25) is 4.79 Å². The molecule has 0 heterocycles. The Balaban J connectivity index is 3.00. The first-order valence-corrected chi connectivity index (χ1v) is 6.17. The molecule has 106 valence electrons. The number of methoxy groups -OCH3 is 2. The number of halogens is 1. The van der Waals surface area contributed by atoms with Crippen LogP contribution in [0.4, 0.5) is 5.69 Å². The lowest BCUT2D eigenvalue weighted by atomic mass is 10.2. The summed E-state index contributed by atoms with van der Waals surface area (Å²) in [7, 11) is 6.50. The zero-order valence-electron chi connectivity index (χ0n) is 11.8. The van der Waals surface area contributed by atoms with Crippen molar-refractivity contribution in [1.82, 2.24) is 4.90 Å². The highest BCUT2D eigenvalue weighted by molar-refractivity contribution is 6.32. The van der Waals surface area contributed by atoms with Crippen molar-refractivity contribution < 1.29 is 14.3 Å². The summed E-state index contributed by atoms with van der Waals surface area (Å²) in [6.07, 6.45) is 0. The van der Waals surface area contributed by atoms with Crippen LogP contribution in [0, 0.1) is 0 Å². The van der Waals surface area contributed by atoms with Crippen molar-refractivity contribution in [3.8, 4) is 11.5 Å². The summed E-state index contributed by atoms with van der Waals surface area (Å²) >= 11 is 6.07. The zero-order chi connectivity index (χ0) is 14.6. The predicted octanol–water partition coefficient (Wildman–Crippen LogP) is 2.25. The molecule has 19 heavy (non-hydrogen) atoms. The molecular weight excluding hydrogens is 268 g/mol. The number of amides is 1. The number of nitrogens with one attached hydrogen (secondary N) is 1. The molecule has 1 atom stereocenters. The van der Waals surface area contributed by atoms with Crippen molar-refractivity contribution in [2.45, 2.75) is 13.0 Å². The highest BCUT2D eigenvalue weighted by Crippen LogP contribution is 2.36. The van der Waals surface area contributed by atoms with Gasteiger partial charge < -0.3 is 19.7 Å². The van der Waals surface area contributed by atoms with Crippen LogP contribution < -0.4 is 14.8 Å². The maximum atomic E-state index is 11.8. The molecule has 0 aliphatic heterocycles. The van der Waals surface area contributed by atoms with Crippen LogP contribution in [-0.2, 0) is 4.79 Å². The van der Waals surface area contributed by atoms with E-state index < -0.39 is 0 Å². The van der Waals surface area contributed by atoms with Crippen LogP contribution in [-0.4, -0.2) is 45.2 Å². The molecule has 5 nitrogen and oxygen atoms in total. The summed E-state index contributed by atoms with van der Waals surface area (Å²) in [5.41, 5.74) is 0.649. The van der Waals surface area contributed by atoms with Gasteiger partial charge in [0.2, 0.25) is 5.91 Å². The number of rotatable bonds is 5. The van der Waals surface area contributed by atoms with Gasteiger partial charge >= 0.3 is 0 Å². The molecule has 0 aliphatic rings. The number of ether oxygens (including phenoxy) is 2. The van der Waals surface area contributed by atoms with E-state index in [1.807, 2.05) is 0 Å². The van der Waals surface area contributed by atoms with E-state index in [1.54, 1.807) is 40.3 Å². The average molecular weight is 287 g/mol. The van der Waals surface area contributed by atoms with Gasteiger partial charge in [-0.25, -0.2) is 0 Å². The van der Waals surface area contributed by atoms with Crippen molar-refractivity contribution in [3.05, 3.63) is 17.2 Å².